The van der Waals surface area contributed by atoms with Crippen LogP contribution in [0.25, 0.3) is 0 Å². The van der Waals surface area contributed by atoms with E-state index < -0.39 is 60.5 Å². The van der Waals surface area contributed by atoms with E-state index in [9.17, 15) is 24.3 Å². The maximum absolute atomic E-state index is 11.6. The van der Waals surface area contributed by atoms with Crippen LogP contribution in [0.5, 0.6) is 0 Å². The Bertz CT molecular complexity index is 558. The number of aliphatic hydroxyl groups excluding tert-OH is 1. The molecular formula is C17H26O10. The Morgan fingerprint density at radius 2 is 1.26 bits per heavy atom. The van der Waals surface area contributed by atoms with Gasteiger partial charge in [-0.25, -0.2) is 0 Å². The Morgan fingerprint density at radius 3 is 1.67 bits per heavy atom. The molecule has 1 heterocycles. The van der Waals surface area contributed by atoms with E-state index in [1.165, 1.54) is 13.8 Å². The van der Waals surface area contributed by atoms with Gasteiger partial charge in [-0.2, -0.15) is 0 Å². The molecule has 1 aliphatic heterocycles. The second-order valence-electron chi connectivity index (χ2n) is 6.32. The number of hydrogen-bond acceptors (Lipinski definition) is 10. The van der Waals surface area contributed by atoms with Crippen molar-refractivity contribution in [3.8, 4) is 0 Å². The summed E-state index contributed by atoms with van der Waals surface area (Å²) in [6.45, 7) is 5.88. The molecule has 0 saturated carbocycles. The Hall–Kier alpha value is -2.20. The van der Waals surface area contributed by atoms with Gasteiger partial charge >= 0.3 is 23.9 Å². The largest absolute Gasteiger partial charge is 0.463 e. The molecule has 154 valence electrons. The van der Waals surface area contributed by atoms with Gasteiger partial charge in [-0.15, -0.1) is 0 Å². The van der Waals surface area contributed by atoms with Gasteiger partial charge in [-0.05, 0) is 6.92 Å². The summed E-state index contributed by atoms with van der Waals surface area (Å²) in [7, 11) is 0. The van der Waals surface area contributed by atoms with Crippen LogP contribution in [-0.4, -0.2) is 72.2 Å². The van der Waals surface area contributed by atoms with Gasteiger partial charge in [0, 0.05) is 34.1 Å². The predicted octanol–water partition coefficient (Wildman–Crippen LogP) is -0.117. The molecule has 0 radical (unpaired) electrons. The fraction of sp³-hybridized carbons (Fsp3) is 0.765. The van der Waals surface area contributed by atoms with Crippen molar-refractivity contribution in [1.29, 1.82) is 0 Å². The second-order valence-corrected chi connectivity index (χ2v) is 6.32. The topological polar surface area (TPSA) is 135 Å². The Balaban J connectivity index is 3.27. The lowest BCUT2D eigenvalue weighted by molar-refractivity contribution is -0.255. The van der Waals surface area contributed by atoms with Crippen LogP contribution in [0, 0.1) is 0 Å². The summed E-state index contributed by atoms with van der Waals surface area (Å²) in [5.74, 6) is -2.64. The minimum atomic E-state index is -1.20. The Kier molecular flexibility index (Phi) is 8.64. The number of carbonyl (C=O) groups excluding carboxylic acids is 4. The van der Waals surface area contributed by atoms with Crippen molar-refractivity contribution < 1.29 is 48.0 Å². The first kappa shape index (κ1) is 22.8. The van der Waals surface area contributed by atoms with Crippen molar-refractivity contribution in [3.63, 3.8) is 0 Å². The van der Waals surface area contributed by atoms with Crippen LogP contribution in [0.4, 0.5) is 0 Å². The van der Waals surface area contributed by atoms with Gasteiger partial charge in [-0.3, -0.25) is 19.2 Å². The molecule has 1 aliphatic rings. The van der Waals surface area contributed by atoms with Crippen LogP contribution in [0.3, 0.4) is 0 Å². The molecular weight excluding hydrogens is 364 g/mol. The van der Waals surface area contributed by atoms with E-state index in [1.54, 1.807) is 0 Å². The zero-order chi connectivity index (χ0) is 20.7. The zero-order valence-electron chi connectivity index (χ0n) is 16.0. The summed E-state index contributed by atoms with van der Waals surface area (Å²) in [4.78, 5) is 45.8. The van der Waals surface area contributed by atoms with Crippen molar-refractivity contribution in [1.82, 2.24) is 0 Å². The van der Waals surface area contributed by atoms with Crippen molar-refractivity contribution in [2.45, 2.75) is 77.7 Å². The molecule has 1 unspecified atom stereocenters. The zero-order valence-corrected chi connectivity index (χ0v) is 16.0. The molecule has 10 heteroatoms. The number of esters is 4. The maximum Gasteiger partial charge on any atom is 0.303 e. The van der Waals surface area contributed by atoms with Crippen molar-refractivity contribution in [2.75, 3.05) is 6.61 Å². The molecule has 1 rings (SSSR count). The van der Waals surface area contributed by atoms with E-state index in [1.807, 2.05) is 0 Å². The molecule has 0 bridgehead atoms. The van der Waals surface area contributed by atoms with E-state index in [2.05, 4.69) is 0 Å². The predicted molar refractivity (Wildman–Crippen MR) is 88.3 cm³/mol. The minimum absolute atomic E-state index is 0.0407. The van der Waals surface area contributed by atoms with Gasteiger partial charge in [0.05, 0.1) is 6.10 Å². The van der Waals surface area contributed by atoms with Crippen molar-refractivity contribution in [2.24, 2.45) is 0 Å². The molecule has 0 spiro atoms. The fourth-order valence-electron chi connectivity index (χ4n) is 2.84. The lowest BCUT2D eigenvalue weighted by Gasteiger charge is -2.44. The third kappa shape index (κ3) is 7.51. The highest BCUT2D eigenvalue weighted by atomic mass is 16.7. The SMILES string of the molecule is CC(=O)OC[C@H]1O[C@@H](CC(C)O)[C@@H](OC(C)=O)[C@@H](OC(C)=O)[C@@H]1OC(C)=O. The van der Waals surface area contributed by atoms with Gasteiger partial charge in [0.15, 0.2) is 18.3 Å². The number of ether oxygens (including phenoxy) is 5. The van der Waals surface area contributed by atoms with E-state index in [0.29, 0.717) is 0 Å². The van der Waals surface area contributed by atoms with E-state index >= 15 is 0 Å². The van der Waals surface area contributed by atoms with Crippen LogP contribution in [-0.2, 0) is 42.9 Å². The molecule has 0 amide bonds. The van der Waals surface area contributed by atoms with Gasteiger partial charge in [-0.1, -0.05) is 0 Å². The summed E-state index contributed by atoms with van der Waals surface area (Å²) in [5, 5.41) is 9.74. The number of rotatable bonds is 7. The fourth-order valence-corrected chi connectivity index (χ4v) is 2.84. The third-order valence-electron chi connectivity index (χ3n) is 3.66. The van der Waals surface area contributed by atoms with Crippen molar-refractivity contribution in [3.05, 3.63) is 0 Å². The monoisotopic (exact) mass is 390 g/mol. The number of hydrogen-bond donors (Lipinski definition) is 1. The summed E-state index contributed by atoms with van der Waals surface area (Å²) >= 11 is 0. The van der Waals surface area contributed by atoms with Gasteiger partial charge in [0.1, 0.15) is 18.8 Å². The maximum atomic E-state index is 11.6. The summed E-state index contributed by atoms with van der Waals surface area (Å²) in [6.07, 6.45) is -6.17. The van der Waals surface area contributed by atoms with Crippen LogP contribution in [0.15, 0.2) is 0 Å². The van der Waals surface area contributed by atoms with Crippen LogP contribution >= 0.6 is 0 Å². The number of aliphatic hydroxyl groups is 1. The van der Waals surface area contributed by atoms with Crippen molar-refractivity contribution >= 4 is 23.9 Å². The molecule has 0 aromatic carbocycles. The molecule has 1 saturated heterocycles. The second kappa shape index (κ2) is 10.2. The Labute approximate surface area is 157 Å². The molecule has 0 aliphatic carbocycles. The summed E-state index contributed by atoms with van der Waals surface area (Å²) in [5.41, 5.74) is 0. The van der Waals surface area contributed by atoms with Gasteiger partial charge in [0.2, 0.25) is 0 Å². The molecule has 0 aromatic rings. The minimum Gasteiger partial charge on any atom is -0.463 e. The molecule has 10 nitrogen and oxygen atoms in total. The standard InChI is InChI=1S/C17H26O10/c1-8(18)6-13-15(24-10(3)20)17(26-12(5)22)16(25-11(4)21)14(27-13)7-23-9(2)19/h8,13-18H,6-7H2,1-5H3/t8?,13-,14+,15+,16+,17+/m0/s1. The molecule has 27 heavy (non-hydrogen) atoms. The molecule has 6 atom stereocenters. The average Bonchev–Trinajstić information content (AvgIpc) is 2.49. The molecule has 1 N–H and O–H groups in total. The smallest absolute Gasteiger partial charge is 0.303 e. The van der Waals surface area contributed by atoms with E-state index in [0.717, 1.165) is 20.8 Å². The third-order valence-corrected chi connectivity index (χ3v) is 3.66. The quantitative estimate of drug-likeness (QED) is 0.463. The lowest BCUT2D eigenvalue weighted by atomic mass is 9.91. The van der Waals surface area contributed by atoms with Crippen LogP contribution < -0.4 is 0 Å². The summed E-state index contributed by atoms with van der Waals surface area (Å²) in [6, 6.07) is 0. The molecule has 0 aromatic heterocycles. The van der Waals surface area contributed by atoms with E-state index in [-0.39, 0.29) is 13.0 Å². The highest BCUT2D eigenvalue weighted by molar-refractivity contribution is 5.68. The highest BCUT2D eigenvalue weighted by Gasteiger charge is 2.52. The van der Waals surface area contributed by atoms with E-state index in [4.69, 9.17) is 23.7 Å². The first-order valence-electron chi connectivity index (χ1n) is 8.49. The number of carbonyl (C=O) groups is 4. The van der Waals surface area contributed by atoms with Crippen LogP contribution in [0.1, 0.15) is 41.0 Å². The average molecular weight is 390 g/mol. The van der Waals surface area contributed by atoms with Gasteiger partial charge in [0.25, 0.3) is 0 Å². The van der Waals surface area contributed by atoms with Crippen LogP contribution in [0.2, 0.25) is 0 Å². The summed E-state index contributed by atoms with van der Waals surface area (Å²) < 4.78 is 26.5. The highest BCUT2D eigenvalue weighted by Crippen LogP contribution is 2.31. The normalized spacial score (nSPS) is 28.6. The van der Waals surface area contributed by atoms with Gasteiger partial charge < -0.3 is 28.8 Å². The first-order chi connectivity index (χ1) is 12.5. The Morgan fingerprint density at radius 1 is 0.815 bits per heavy atom. The molecule has 1 fully saturated rings. The first-order valence-corrected chi connectivity index (χ1v) is 8.49. The lowest BCUT2D eigenvalue weighted by Crippen LogP contribution is -2.62.